The number of aromatic nitrogens is 3. The molecule has 5 amide bonds. The average Bonchev–Trinajstić information content (AvgIpc) is 3.85. The molecule has 6 heterocycles. The largest absolute Gasteiger partial charge is 0.489 e. The molecule has 0 radical (unpaired) electrons. The quantitative estimate of drug-likeness (QED) is 0.240. The Morgan fingerprint density at radius 1 is 0.982 bits per heavy atom. The van der Waals surface area contributed by atoms with Crippen LogP contribution in [0.3, 0.4) is 0 Å². The fraction of sp³-hybridized carbons (Fsp3) is 0.439. The van der Waals surface area contributed by atoms with Crippen LogP contribution in [0.25, 0.3) is 5.65 Å². The molecular formula is C41H44FN9O6. The van der Waals surface area contributed by atoms with Gasteiger partial charge in [0.15, 0.2) is 11.5 Å². The maximum absolute atomic E-state index is 15.9. The van der Waals surface area contributed by atoms with Gasteiger partial charge in [-0.2, -0.15) is 5.10 Å². The summed E-state index contributed by atoms with van der Waals surface area (Å²) < 4.78 is 23.6. The van der Waals surface area contributed by atoms with Gasteiger partial charge in [-0.3, -0.25) is 34.2 Å². The highest BCUT2D eigenvalue weighted by molar-refractivity contribution is 6.09. The molecular weight excluding hydrogens is 734 g/mol. The highest BCUT2D eigenvalue weighted by atomic mass is 19.1. The third-order valence-electron chi connectivity index (χ3n) is 12.3. The first-order chi connectivity index (χ1) is 27.4. The number of fused-ring (bicyclic) bond motifs is 3. The second-order valence-electron chi connectivity index (χ2n) is 16.0. The Kier molecular flexibility index (Phi) is 9.17. The number of hydrogen-bond acceptors (Lipinski definition) is 10. The molecule has 1 saturated carbocycles. The van der Waals surface area contributed by atoms with Crippen LogP contribution in [-0.4, -0.2) is 109 Å². The number of benzene rings is 2. The van der Waals surface area contributed by atoms with Crippen molar-refractivity contribution in [2.45, 2.75) is 95.7 Å². The van der Waals surface area contributed by atoms with Crippen molar-refractivity contribution in [2.24, 2.45) is 0 Å². The predicted octanol–water partition coefficient (Wildman–Crippen LogP) is 3.76. The van der Waals surface area contributed by atoms with Gasteiger partial charge in [-0.25, -0.2) is 13.9 Å². The zero-order chi connectivity index (χ0) is 39.7. The van der Waals surface area contributed by atoms with Gasteiger partial charge in [0.25, 0.3) is 17.7 Å². The Morgan fingerprint density at radius 3 is 2.51 bits per heavy atom. The molecule has 1 aliphatic carbocycles. The first-order valence-electron chi connectivity index (χ1n) is 19.6. The highest BCUT2D eigenvalue weighted by Crippen LogP contribution is 2.40. The number of anilines is 2. The molecule has 5 aliphatic rings. The van der Waals surface area contributed by atoms with E-state index in [-0.39, 0.29) is 60.9 Å². The number of nitrogens with one attached hydrogen (secondary N) is 2. The van der Waals surface area contributed by atoms with Crippen molar-refractivity contribution in [1.82, 2.24) is 34.6 Å². The number of amides is 5. The van der Waals surface area contributed by atoms with Crippen LogP contribution in [-0.2, 0) is 22.7 Å². The van der Waals surface area contributed by atoms with E-state index in [0.29, 0.717) is 65.1 Å². The molecule has 2 saturated heterocycles. The lowest BCUT2D eigenvalue weighted by molar-refractivity contribution is -0.136. The molecule has 9 rings (SSSR count). The lowest BCUT2D eigenvalue weighted by Crippen LogP contribution is -2.61. The van der Waals surface area contributed by atoms with E-state index in [2.05, 4.69) is 32.7 Å². The molecule has 1 atom stereocenters. The number of nitrogens with zero attached hydrogens (tertiary/aromatic N) is 7. The lowest BCUT2D eigenvalue weighted by atomic mass is 9.88. The van der Waals surface area contributed by atoms with Gasteiger partial charge in [0, 0.05) is 73.3 Å². The Labute approximate surface area is 328 Å². The van der Waals surface area contributed by atoms with Gasteiger partial charge in [0.1, 0.15) is 17.4 Å². The van der Waals surface area contributed by atoms with Crippen LogP contribution >= 0.6 is 0 Å². The highest BCUT2D eigenvalue weighted by Gasteiger charge is 2.43. The van der Waals surface area contributed by atoms with Gasteiger partial charge in [0.05, 0.1) is 30.2 Å². The van der Waals surface area contributed by atoms with Crippen molar-refractivity contribution in [3.05, 3.63) is 82.6 Å². The van der Waals surface area contributed by atoms with Crippen LogP contribution in [0.4, 0.5) is 15.8 Å². The minimum atomic E-state index is -0.792. The summed E-state index contributed by atoms with van der Waals surface area (Å²) in [6.07, 6.45) is 8.53. The molecule has 15 nitrogen and oxygen atoms in total. The molecule has 1 unspecified atom stereocenters. The number of carbonyl (C=O) groups is 5. The maximum Gasteiger partial charge on any atom is 0.261 e. The molecule has 4 aromatic rings. The second kappa shape index (κ2) is 14.2. The molecule has 296 valence electrons. The summed E-state index contributed by atoms with van der Waals surface area (Å²) in [5.74, 6) is -1.69. The van der Waals surface area contributed by atoms with Crippen molar-refractivity contribution in [2.75, 3.05) is 30.4 Å². The topological polar surface area (TPSA) is 162 Å². The summed E-state index contributed by atoms with van der Waals surface area (Å²) in [5, 5.41) is 9.50. The summed E-state index contributed by atoms with van der Waals surface area (Å²) in [7, 11) is 2.12. The monoisotopic (exact) mass is 777 g/mol. The summed E-state index contributed by atoms with van der Waals surface area (Å²) in [6.45, 7) is 5.52. The van der Waals surface area contributed by atoms with Gasteiger partial charge in [-0.1, -0.05) is 0 Å². The van der Waals surface area contributed by atoms with Crippen LogP contribution in [0, 0.1) is 5.82 Å². The maximum atomic E-state index is 15.9. The van der Waals surface area contributed by atoms with Crippen LogP contribution in [0.2, 0.25) is 0 Å². The number of carbonyl (C=O) groups excluding carboxylic acids is 5. The fourth-order valence-electron chi connectivity index (χ4n) is 9.11. The van der Waals surface area contributed by atoms with Gasteiger partial charge >= 0.3 is 0 Å². The summed E-state index contributed by atoms with van der Waals surface area (Å²) in [5.41, 5.74) is 3.68. The van der Waals surface area contributed by atoms with Crippen LogP contribution in [0.5, 0.6) is 5.75 Å². The standard InChI is InChI=1S/C41H44FN9O6/c1-22(2)57-34-16-28-23(15-31(34)45-38(53)29-17-44-51-14-4-13-43-37(29)51)18-49(41(28)56)25-7-5-24(6-8-25)47(3)26-19-48(20-26)32-10-9-27-30(36(32)42)21-50(40(27)55)33-11-12-35(52)46-39(33)54/h4,9-10,13-17,22,24-26,33H,5-8,11-12,18-21H2,1-3H3,(H,45,53)(H,46,52,54)/t24-,25-,33?. The van der Waals surface area contributed by atoms with Crippen LogP contribution in [0.1, 0.15) is 94.6 Å². The van der Waals surface area contributed by atoms with Gasteiger partial charge in [-0.15, -0.1) is 0 Å². The van der Waals surface area contributed by atoms with E-state index in [1.807, 2.05) is 29.7 Å². The number of imide groups is 1. The van der Waals surface area contributed by atoms with Crippen molar-refractivity contribution >= 4 is 46.6 Å². The number of ether oxygens (including phenoxy) is 1. The van der Waals surface area contributed by atoms with Crippen molar-refractivity contribution in [3.8, 4) is 5.75 Å². The molecule has 16 heteroatoms. The van der Waals surface area contributed by atoms with Crippen LogP contribution < -0.4 is 20.3 Å². The number of likely N-dealkylation sites (N-methyl/N-ethyl adjacent to an activating group) is 1. The van der Waals surface area contributed by atoms with Crippen LogP contribution in [0.15, 0.2) is 48.9 Å². The normalized spacial score (nSPS) is 22.4. The van der Waals surface area contributed by atoms with E-state index < -0.39 is 23.7 Å². The van der Waals surface area contributed by atoms with Crippen molar-refractivity contribution < 1.29 is 33.1 Å². The molecule has 2 N–H and O–H groups in total. The number of piperidine rings is 1. The molecule has 4 aliphatic heterocycles. The fourth-order valence-corrected chi connectivity index (χ4v) is 9.11. The third kappa shape index (κ3) is 6.45. The number of hydrogen-bond donors (Lipinski definition) is 2. The zero-order valence-electron chi connectivity index (χ0n) is 32.0. The Balaban J connectivity index is 0.811. The van der Waals surface area contributed by atoms with E-state index >= 15 is 4.39 Å². The number of halogens is 1. The number of rotatable bonds is 9. The lowest BCUT2D eigenvalue weighted by Gasteiger charge is -2.49. The van der Waals surface area contributed by atoms with Gasteiger partial charge in [-0.05, 0) is 88.9 Å². The van der Waals surface area contributed by atoms with E-state index in [9.17, 15) is 24.0 Å². The Hall–Kier alpha value is -5.90. The second-order valence-corrected chi connectivity index (χ2v) is 16.0. The predicted molar refractivity (Wildman–Crippen MR) is 205 cm³/mol. The minimum Gasteiger partial charge on any atom is -0.489 e. The summed E-state index contributed by atoms with van der Waals surface area (Å²) >= 11 is 0. The van der Waals surface area contributed by atoms with Crippen molar-refractivity contribution in [1.29, 1.82) is 0 Å². The molecule has 3 fully saturated rings. The average molecular weight is 778 g/mol. The molecule has 2 aromatic heterocycles. The first-order valence-corrected chi connectivity index (χ1v) is 19.6. The SMILES string of the molecule is CC(C)Oc1cc2c(cc1NC(=O)c1cnn3cccnc13)CN([C@H]1CC[C@H](N(C)C3CN(c4ccc5c(c4F)CN(C4CCC(=O)NC4=O)C5=O)C3)CC1)C2=O. The minimum absolute atomic E-state index is 0.00225. The smallest absolute Gasteiger partial charge is 0.261 e. The molecule has 0 spiro atoms. The molecule has 0 bridgehead atoms. The van der Waals surface area contributed by atoms with E-state index in [1.165, 1.54) is 15.6 Å². The zero-order valence-corrected chi connectivity index (χ0v) is 32.0. The Bertz CT molecular complexity index is 2330. The molecule has 57 heavy (non-hydrogen) atoms. The van der Waals surface area contributed by atoms with Crippen molar-refractivity contribution in [3.63, 3.8) is 0 Å². The van der Waals surface area contributed by atoms with Gasteiger partial charge in [0.2, 0.25) is 11.8 Å². The Morgan fingerprint density at radius 2 is 1.75 bits per heavy atom. The van der Waals surface area contributed by atoms with E-state index in [0.717, 1.165) is 31.2 Å². The third-order valence-corrected chi connectivity index (χ3v) is 12.3. The van der Waals surface area contributed by atoms with Gasteiger partial charge < -0.3 is 24.8 Å². The summed E-state index contributed by atoms with van der Waals surface area (Å²) in [6, 6.07) is 8.46. The van der Waals surface area contributed by atoms with E-state index in [1.54, 1.807) is 36.7 Å². The molecule has 2 aromatic carbocycles. The van der Waals surface area contributed by atoms with E-state index in [4.69, 9.17) is 4.74 Å². The summed E-state index contributed by atoms with van der Waals surface area (Å²) in [4.78, 5) is 76.5. The first kappa shape index (κ1) is 36.7.